The quantitative estimate of drug-likeness (QED) is 0.895. The number of aromatic nitrogens is 4. The van der Waals surface area contributed by atoms with Gasteiger partial charge >= 0.3 is 0 Å². The van der Waals surface area contributed by atoms with Gasteiger partial charge in [-0.15, -0.1) is 10.2 Å². The van der Waals surface area contributed by atoms with Crippen LogP contribution in [0.15, 0.2) is 24.3 Å². The molecule has 0 unspecified atom stereocenters. The molecular weight excluding hydrogens is 334 g/mol. The minimum absolute atomic E-state index is 0.0111. The number of likely N-dealkylation sites (tertiary alicyclic amines) is 1. The molecule has 138 valence electrons. The van der Waals surface area contributed by atoms with Gasteiger partial charge in [-0.2, -0.15) is 5.21 Å². The largest absolute Gasteiger partial charge is 0.381 e. The number of tetrazole rings is 1. The molecule has 2 fully saturated rings. The Morgan fingerprint density at radius 1 is 1.31 bits per heavy atom. The van der Waals surface area contributed by atoms with E-state index in [0.29, 0.717) is 23.5 Å². The number of aromatic amines is 1. The molecule has 2 aromatic rings. The van der Waals surface area contributed by atoms with Gasteiger partial charge in [0.25, 0.3) is 5.91 Å². The topological polar surface area (TPSA) is 93.2 Å². The molecule has 1 N–H and O–H groups in total. The lowest BCUT2D eigenvalue weighted by molar-refractivity contribution is -0.0893. The lowest BCUT2D eigenvalue weighted by Crippen LogP contribution is -2.53. The molecule has 1 amide bonds. The van der Waals surface area contributed by atoms with Gasteiger partial charge in [0.15, 0.2) is 0 Å². The third kappa shape index (κ3) is 2.69. The van der Waals surface area contributed by atoms with Crippen molar-refractivity contribution in [2.45, 2.75) is 43.4 Å². The maximum atomic E-state index is 13.4. The number of H-pyrrole nitrogens is 1. The molecule has 26 heavy (non-hydrogen) atoms. The van der Waals surface area contributed by atoms with Crippen LogP contribution in [0.2, 0.25) is 0 Å². The summed E-state index contributed by atoms with van der Waals surface area (Å²) in [4.78, 5) is 15.4. The summed E-state index contributed by atoms with van der Waals surface area (Å²) in [6, 6.07) is 7.40. The number of nitrogens with zero attached hydrogens (tertiary/aromatic N) is 4. The first-order valence-corrected chi connectivity index (χ1v) is 8.90. The second-order valence-corrected chi connectivity index (χ2v) is 6.95. The maximum absolute atomic E-state index is 13.4. The Balaban J connectivity index is 1.67. The molecule has 0 spiro atoms. The highest BCUT2D eigenvalue weighted by molar-refractivity contribution is 6.00. The SMILES string of the molecule is CO[C@H]1CC[C@@]2(OC)CCN(C(=O)c3ccccc3-c3nn[nH]n3)[C@H]2C1. The lowest BCUT2D eigenvalue weighted by Gasteiger charge is -2.43. The van der Waals surface area contributed by atoms with Crippen molar-refractivity contribution in [3.05, 3.63) is 29.8 Å². The Kier molecular flexibility index (Phi) is 4.46. The van der Waals surface area contributed by atoms with Crippen LogP contribution in [-0.4, -0.2) is 69.9 Å². The van der Waals surface area contributed by atoms with E-state index in [0.717, 1.165) is 25.7 Å². The second kappa shape index (κ2) is 6.77. The monoisotopic (exact) mass is 357 g/mol. The second-order valence-electron chi connectivity index (χ2n) is 6.95. The fraction of sp³-hybridized carbons (Fsp3) is 0.556. The predicted octanol–water partition coefficient (Wildman–Crippen LogP) is 1.67. The molecule has 1 aliphatic carbocycles. The molecule has 4 rings (SSSR count). The van der Waals surface area contributed by atoms with Gasteiger partial charge in [-0.1, -0.05) is 18.2 Å². The number of carbonyl (C=O) groups is 1. The van der Waals surface area contributed by atoms with E-state index in [1.165, 1.54) is 0 Å². The van der Waals surface area contributed by atoms with Gasteiger partial charge in [0.2, 0.25) is 5.82 Å². The highest BCUT2D eigenvalue weighted by atomic mass is 16.5. The molecule has 1 aromatic carbocycles. The van der Waals surface area contributed by atoms with Crippen LogP contribution < -0.4 is 0 Å². The van der Waals surface area contributed by atoms with Gasteiger partial charge in [-0.3, -0.25) is 4.79 Å². The van der Waals surface area contributed by atoms with Crippen molar-refractivity contribution in [2.24, 2.45) is 0 Å². The Labute approximate surface area is 151 Å². The molecule has 0 radical (unpaired) electrons. The standard InChI is InChI=1S/C18H23N5O3/c1-25-12-7-8-18(26-2)9-10-23(15(18)11-12)17(24)14-6-4-3-5-13(14)16-19-21-22-20-16/h3-6,12,15H,7-11H2,1-2H3,(H,19,20,21,22)/t12-,15-,18+/m0/s1. The van der Waals surface area contributed by atoms with E-state index in [-0.39, 0.29) is 23.7 Å². The number of benzene rings is 1. The van der Waals surface area contributed by atoms with Crippen molar-refractivity contribution in [3.8, 4) is 11.4 Å². The molecule has 1 aliphatic heterocycles. The minimum Gasteiger partial charge on any atom is -0.381 e. The van der Waals surface area contributed by atoms with Crippen LogP contribution in [-0.2, 0) is 9.47 Å². The first kappa shape index (κ1) is 17.1. The van der Waals surface area contributed by atoms with Crippen LogP contribution in [0, 0.1) is 0 Å². The third-order valence-corrected chi connectivity index (χ3v) is 5.88. The minimum atomic E-state index is -0.272. The van der Waals surface area contributed by atoms with Crippen molar-refractivity contribution >= 4 is 5.91 Å². The molecular formula is C18H23N5O3. The number of hydrogen-bond acceptors (Lipinski definition) is 6. The lowest BCUT2D eigenvalue weighted by atomic mass is 9.79. The Morgan fingerprint density at radius 3 is 2.88 bits per heavy atom. The van der Waals surface area contributed by atoms with Crippen LogP contribution in [0.5, 0.6) is 0 Å². The number of methoxy groups -OCH3 is 2. The number of ether oxygens (including phenoxy) is 2. The fourth-order valence-electron chi connectivity index (χ4n) is 4.41. The summed E-state index contributed by atoms with van der Waals surface area (Å²) in [5.74, 6) is 0.399. The van der Waals surface area contributed by atoms with Gasteiger partial charge in [-0.25, -0.2) is 0 Å². The predicted molar refractivity (Wildman–Crippen MR) is 93.4 cm³/mol. The molecule has 2 heterocycles. The zero-order chi connectivity index (χ0) is 18.1. The number of amides is 1. The van der Waals surface area contributed by atoms with Gasteiger partial charge in [0.1, 0.15) is 0 Å². The molecule has 1 saturated carbocycles. The first-order chi connectivity index (χ1) is 12.7. The average molecular weight is 357 g/mol. The Morgan fingerprint density at radius 2 is 2.15 bits per heavy atom. The zero-order valence-corrected chi connectivity index (χ0v) is 15.0. The zero-order valence-electron chi connectivity index (χ0n) is 15.0. The van der Waals surface area contributed by atoms with E-state index in [1.807, 2.05) is 29.2 Å². The molecule has 8 heteroatoms. The Hall–Kier alpha value is -2.32. The van der Waals surface area contributed by atoms with Gasteiger partial charge in [-0.05, 0) is 37.0 Å². The van der Waals surface area contributed by atoms with E-state index in [1.54, 1.807) is 14.2 Å². The van der Waals surface area contributed by atoms with Crippen LogP contribution in [0.4, 0.5) is 0 Å². The Bertz CT molecular complexity index is 781. The summed E-state index contributed by atoms with van der Waals surface area (Å²) in [6.07, 6.45) is 3.66. The van der Waals surface area contributed by atoms with Crippen molar-refractivity contribution < 1.29 is 14.3 Å². The summed E-state index contributed by atoms with van der Waals surface area (Å²) < 4.78 is 11.5. The summed E-state index contributed by atoms with van der Waals surface area (Å²) in [7, 11) is 3.48. The van der Waals surface area contributed by atoms with Crippen LogP contribution >= 0.6 is 0 Å². The van der Waals surface area contributed by atoms with Crippen molar-refractivity contribution in [3.63, 3.8) is 0 Å². The normalized spacial score (nSPS) is 28.2. The highest BCUT2D eigenvalue weighted by Crippen LogP contribution is 2.43. The van der Waals surface area contributed by atoms with E-state index >= 15 is 0 Å². The summed E-state index contributed by atoms with van der Waals surface area (Å²) >= 11 is 0. The summed E-state index contributed by atoms with van der Waals surface area (Å²) in [6.45, 7) is 0.675. The average Bonchev–Trinajstić information content (AvgIpc) is 3.35. The summed E-state index contributed by atoms with van der Waals surface area (Å²) in [5, 5.41) is 14.1. The van der Waals surface area contributed by atoms with E-state index in [4.69, 9.17) is 9.47 Å². The van der Waals surface area contributed by atoms with Crippen LogP contribution in [0.25, 0.3) is 11.4 Å². The number of rotatable bonds is 4. The third-order valence-electron chi connectivity index (χ3n) is 5.88. The fourth-order valence-corrected chi connectivity index (χ4v) is 4.41. The van der Waals surface area contributed by atoms with E-state index < -0.39 is 0 Å². The molecule has 1 saturated heterocycles. The number of fused-ring (bicyclic) bond motifs is 1. The van der Waals surface area contributed by atoms with Crippen LogP contribution in [0.1, 0.15) is 36.0 Å². The molecule has 1 aromatic heterocycles. The number of nitrogens with one attached hydrogen (secondary N) is 1. The molecule has 0 bridgehead atoms. The maximum Gasteiger partial charge on any atom is 0.254 e. The van der Waals surface area contributed by atoms with Gasteiger partial charge < -0.3 is 14.4 Å². The first-order valence-electron chi connectivity index (χ1n) is 8.90. The van der Waals surface area contributed by atoms with Crippen molar-refractivity contribution in [1.82, 2.24) is 25.5 Å². The molecule has 2 aliphatic rings. The summed E-state index contributed by atoms with van der Waals surface area (Å²) in [5.41, 5.74) is 0.992. The smallest absolute Gasteiger partial charge is 0.254 e. The van der Waals surface area contributed by atoms with E-state index in [9.17, 15) is 4.79 Å². The molecule has 8 nitrogen and oxygen atoms in total. The number of carbonyl (C=O) groups excluding carboxylic acids is 1. The van der Waals surface area contributed by atoms with E-state index in [2.05, 4.69) is 20.6 Å². The number of hydrogen-bond donors (Lipinski definition) is 1. The molecule has 3 atom stereocenters. The van der Waals surface area contributed by atoms with Gasteiger partial charge in [0.05, 0.1) is 23.3 Å². The van der Waals surface area contributed by atoms with Gasteiger partial charge in [0, 0.05) is 26.3 Å². The van der Waals surface area contributed by atoms with Crippen molar-refractivity contribution in [1.29, 1.82) is 0 Å². The van der Waals surface area contributed by atoms with Crippen molar-refractivity contribution in [2.75, 3.05) is 20.8 Å². The van der Waals surface area contributed by atoms with Crippen LogP contribution in [0.3, 0.4) is 0 Å². The highest BCUT2D eigenvalue weighted by Gasteiger charge is 2.52.